The first-order valence-electron chi connectivity index (χ1n) is 7.48. The van der Waals surface area contributed by atoms with Gasteiger partial charge in [0.25, 0.3) is 11.6 Å². The minimum absolute atomic E-state index is 0.0107. The van der Waals surface area contributed by atoms with Crippen LogP contribution in [-0.4, -0.2) is 25.1 Å². The van der Waals surface area contributed by atoms with Crippen LogP contribution in [-0.2, 0) is 4.79 Å². The van der Waals surface area contributed by atoms with Gasteiger partial charge in [0.15, 0.2) is 11.5 Å². The molecule has 0 aliphatic rings. The van der Waals surface area contributed by atoms with Crippen molar-refractivity contribution in [2.75, 3.05) is 19.5 Å². The quantitative estimate of drug-likeness (QED) is 0.361. The van der Waals surface area contributed by atoms with Gasteiger partial charge in [-0.1, -0.05) is 0 Å². The first kappa shape index (κ1) is 19.4. The zero-order chi connectivity index (χ0) is 20.0. The fourth-order valence-electron chi connectivity index (χ4n) is 2.19. The van der Waals surface area contributed by atoms with Crippen LogP contribution in [0.5, 0.6) is 11.5 Å². The number of nitriles is 1. The molecule has 0 aromatic heterocycles. The van der Waals surface area contributed by atoms with E-state index in [1.807, 2.05) is 0 Å². The number of amides is 1. The Hall–Kier alpha value is -3.93. The second-order valence-corrected chi connectivity index (χ2v) is 5.15. The molecule has 27 heavy (non-hydrogen) atoms. The lowest BCUT2D eigenvalue weighted by atomic mass is 10.1. The summed E-state index contributed by atoms with van der Waals surface area (Å²) in [7, 11) is 2.68. The summed E-state index contributed by atoms with van der Waals surface area (Å²) in [5.74, 6) is -0.945. The second-order valence-electron chi connectivity index (χ2n) is 5.15. The molecular formula is C18H14FN3O5. The van der Waals surface area contributed by atoms with Crippen molar-refractivity contribution in [2.45, 2.75) is 0 Å². The highest BCUT2D eigenvalue weighted by Gasteiger charge is 2.20. The van der Waals surface area contributed by atoms with E-state index >= 15 is 0 Å². The van der Waals surface area contributed by atoms with Gasteiger partial charge in [-0.15, -0.1) is 0 Å². The minimum Gasteiger partial charge on any atom is -0.493 e. The Balaban J connectivity index is 2.43. The monoisotopic (exact) mass is 371 g/mol. The molecule has 0 aliphatic heterocycles. The number of nitro groups is 1. The van der Waals surface area contributed by atoms with Gasteiger partial charge in [0.1, 0.15) is 17.5 Å². The number of carbonyl (C=O) groups excluding carboxylic acids is 1. The fourth-order valence-corrected chi connectivity index (χ4v) is 2.19. The van der Waals surface area contributed by atoms with Crippen LogP contribution in [0.1, 0.15) is 5.56 Å². The summed E-state index contributed by atoms with van der Waals surface area (Å²) in [6.45, 7) is 0. The number of nitrogens with zero attached hydrogens (tertiary/aromatic N) is 2. The number of anilines is 1. The van der Waals surface area contributed by atoms with E-state index in [0.717, 1.165) is 24.3 Å². The number of nitro benzene ring substituents is 1. The number of benzene rings is 2. The maximum Gasteiger partial charge on any atom is 0.280 e. The summed E-state index contributed by atoms with van der Waals surface area (Å²) in [5, 5.41) is 23.0. The van der Waals surface area contributed by atoms with Gasteiger partial charge in [0, 0.05) is 5.69 Å². The van der Waals surface area contributed by atoms with Gasteiger partial charge < -0.3 is 14.8 Å². The van der Waals surface area contributed by atoms with Crippen LogP contribution >= 0.6 is 0 Å². The van der Waals surface area contributed by atoms with Crippen molar-refractivity contribution in [2.24, 2.45) is 0 Å². The molecule has 0 spiro atoms. The molecule has 8 nitrogen and oxygen atoms in total. The summed E-state index contributed by atoms with van der Waals surface area (Å²) in [6, 6.07) is 9.05. The second kappa shape index (κ2) is 8.44. The van der Waals surface area contributed by atoms with Crippen LogP contribution in [0, 0.1) is 27.3 Å². The van der Waals surface area contributed by atoms with E-state index in [1.165, 1.54) is 32.4 Å². The molecule has 0 heterocycles. The molecule has 0 radical (unpaired) electrons. The predicted molar refractivity (Wildman–Crippen MR) is 94.8 cm³/mol. The Morgan fingerprint density at radius 2 is 1.81 bits per heavy atom. The van der Waals surface area contributed by atoms with Crippen LogP contribution in [0.25, 0.3) is 6.08 Å². The molecule has 2 aromatic carbocycles. The van der Waals surface area contributed by atoms with Gasteiger partial charge in [0.05, 0.1) is 30.8 Å². The average molecular weight is 371 g/mol. The number of methoxy groups -OCH3 is 2. The smallest absolute Gasteiger partial charge is 0.280 e. The molecule has 1 N–H and O–H groups in total. The molecule has 0 fully saturated rings. The molecule has 0 aliphatic carbocycles. The van der Waals surface area contributed by atoms with E-state index in [4.69, 9.17) is 9.47 Å². The normalized spacial score (nSPS) is 10.7. The van der Waals surface area contributed by atoms with Crippen molar-refractivity contribution in [3.8, 4) is 17.6 Å². The van der Waals surface area contributed by atoms with E-state index in [2.05, 4.69) is 5.32 Å². The van der Waals surface area contributed by atoms with E-state index < -0.39 is 16.6 Å². The van der Waals surface area contributed by atoms with Crippen LogP contribution in [0.3, 0.4) is 0 Å². The molecule has 138 valence electrons. The van der Waals surface area contributed by atoms with Crippen LogP contribution < -0.4 is 14.8 Å². The Bertz CT molecular complexity index is 949. The highest BCUT2D eigenvalue weighted by Crippen LogP contribution is 2.35. The number of nitrogens with one attached hydrogen (secondary N) is 1. The van der Waals surface area contributed by atoms with Gasteiger partial charge in [-0.25, -0.2) is 4.39 Å². The van der Waals surface area contributed by atoms with Crippen molar-refractivity contribution in [3.63, 3.8) is 0 Å². The molecule has 1 amide bonds. The lowest BCUT2D eigenvalue weighted by molar-refractivity contribution is -0.385. The van der Waals surface area contributed by atoms with Crippen LogP contribution in [0.4, 0.5) is 15.8 Å². The standard InChI is InChI=1S/C18H14FN3O5/c1-26-16-8-11(15(22(24)25)9-17(16)27-2)7-12(10-20)18(23)21-14-5-3-13(19)4-6-14/h3-9H,1-2H3,(H,21,23). The summed E-state index contributed by atoms with van der Waals surface area (Å²) < 4.78 is 23.1. The van der Waals surface area contributed by atoms with E-state index in [1.54, 1.807) is 6.07 Å². The Labute approximate surface area is 153 Å². The molecule has 2 aromatic rings. The number of hydrogen-bond acceptors (Lipinski definition) is 6. The summed E-state index contributed by atoms with van der Waals surface area (Å²) in [4.78, 5) is 22.9. The zero-order valence-corrected chi connectivity index (χ0v) is 14.4. The van der Waals surface area contributed by atoms with Crippen LogP contribution in [0.2, 0.25) is 0 Å². The number of rotatable bonds is 6. The number of halogens is 1. The van der Waals surface area contributed by atoms with Gasteiger partial charge >= 0.3 is 0 Å². The predicted octanol–water partition coefficient (Wildman–Crippen LogP) is 3.30. The number of hydrogen-bond donors (Lipinski definition) is 1. The van der Waals surface area contributed by atoms with Crippen molar-refractivity contribution in [1.29, 1.82) is 5.26 Å². The van der Waals surface area contributed by atoms with Crippen molar-refractivity contribution in [3.05, 3.63) is 63.5 Å². The highest BCUT2D eigenvalue weighted by atomic mass is 19.1. The fraction of sp³-hybridized carbons (Fsp3) is 0.111. The van der Waals surface area contributed by atoms with E-state index in [9.17, 15) is 24.6 Å². The molecule has 0 unspecified atom stereocenters. The summed E-state index contributed by atoms with van der Waals surface area (Å²) >= 11 is 0. The first-order valence-corrected chi connectivity index (χ1v) is 7.48. The average Bonchev–Trinajstić information content (AvgIpc) is 2.66. The number of ether oxygens (including phenoxy) is 2. The third-order valence-corrected chi connectivity index (χ3v) is 3.50. The Kier molecular flexibility index (Phi) is 6.06. The molecule has 0 atom stereocenters. The molecule has 0 bridgehead atoms. The Morgan fingerprint density at radius 1 is 1.22 bits per heavy atom. The lowest BCUT2D eigenvalue weighted by Gasteiger charge is -2.09. The van der Waals surface area contributed by atoms with Gasteiger partial charge in [-0.3, -0.25) is 14.9 Å². The zero-order valence-electron chi connectivity index (χ0n) is 14.4. The summed E-state index contributed by atoms with van der Waals surface area (Å²) in [5.41, 5.74) is -0.488. The van der Waals surface area contributed by atoms with Crippen molar-refractivity contribution < 1.29 is 23.6 Å². The van der Waals surface area contributed by atoms with Crippen LogP contribution in [0.15, 0.2) is 42.0 Å². The van der Waals surface area contributed by atoms with E-state index in [-0.39, 0.29) is 34.0 Å². The van der Waals surface area contributed by atoms with Gasteiger partial charge in [0.2, 0.25) is 0 Å². The van der Waals surface area contributed by atoms with E-state index in [0.29, 0.717) is 0 Å². The molecule has 9 heteroatoms. The first-order chi connectivity index (χ1) is 12.9. The molecule has 0 saturated heterocycles. The van der Waals surface area contributed by atoms with Gasteiger partial charge in [-0.05, 0) is 36.4 Å². The van der Waals surface area contributed by atoms with Crippen molar-refractivity contribution >= 4 is 23.4 Å². The largest absolute Gasteiger partial charge is 0.493 e. The topological polar surface area (TPSA) is 114 Å². The molecule has 0 saturated carbocycles. The molecule has 2 rings (SSSR count). The maximum atomic E-state index is 12.9. The Morgan fingerprint density at radius 3 is 2.33 bits per heavy atom. The highest BCUT2D eigenvalue weighted by molar-refractivity contribution is 6.10. The SMILES string of the molecule is COc1cc(C=C(C#N)C(=O)Nc2ccc(F)cc2)c([N+](=O)[O-])cc1OC. The number of carbonyl (C=O) groups is 1. The van der Waals surface area contributed by atoms with Crippen molar-refractivity contribution in [1.82, 2.24) is 0 Å². The lowest BCUT2D eigenvalue weighted by Crippen LogP contribution is -2.13. The maximum absolute atomic E-state index is 12.9. The third kappa shape index (κ3) is 4.58. The minimum atomic E-state index is -0.798. The molecular weight excluding hydrogens is 357 g/mol. The third-order valence-electron chi connectivity index (χ3n) is 3.50. The van der Waals surface area contributed by atoms with Gasteiger partial charge in [-0.2, -0.15) is 5.26 Å². The summed E-state index contributed by atoms with van der Waals surface area (Å²) in [6.07, 6.45) is 1.07.